The van der Waals surface area contributed by atoms with Gasteiger partial charge in [0.25, 0.3) is 11.8 Å². The van der Waals surface area contributed by atoms with E-state index in [1.54, 1.807) is 48.5 Å². The van der Waals surface area contributed by atoms with E-state index >= 15 is 0 Å². The second-order valence-electron chi connectivity index (χ2n) is 6.84. The number of hydrogen-bond donors (Lipinski definition) is 3. The van der Waals surface area contributed by atoms with Gasteiger partial charge in [-0.2, -0.15) is 0 Å². The van der Waals surface area contributed by atoms with Crippen LogP contribution in [0.15, 0.2) is 54.6 Å². The summed E-state index contributed by atoms with van der Waals surface area (Å²) >= 11 is 0. The number of benzene rings is 2. The third-order valence-corrected chi connectivity index (χ3v) is 4.53. The molecule has 28 heavy (non-hydrogen) atoms. The van der Waals surface area contributed by atoms with E-state index in [9.17, 15) is 18.4 Å². The van der Waals surface area contributed by atoms with E-state index < -0.39 is 36.3 Å². The molecule has 3 rings (SSSR count). The number of hydrogen-bond acceptors (Lipinski definition) is 4. The maximum Gasteiger partial charge on any atom is 0.408 e. The lowest BCUT2D eigenvalue weighted by Gasteiger charge is -2.45. The van der Waals surface area contributed by atoms with Crippen LogP contribution in [0.4, 0.5) is 19.3 Å². The largest absolute Gasteiger partial charge is 0.445 e. The molecule has 0 spiro atoms. The SMILES string of the molecule is NCc1cccc(NC(=O)C2(NC(=O)OCc3ccccc3)CC(F)(F)C2)c1. The van der Waals surface area contributed by atoms with Gasteiger partial charge in [0.2, 0.25) is 0 Å². The zero-order valence-electron chi connectivity index (χ0n) is 15.1. The highest BCUT2D eigenvalue weighted by molar-refractivity contribution is 6.01. The molecule has 148 valence electrons. The molecule has 1 aliphatic carbocycles. The molecule has 1 saturated carbocycles. The summed E-state index contributed by atoms with van der Waals surface area (Å²) in [4.78, 5) is 24.8. The summed E-state index contributed by atoms with van der Waals surface area (Å²) < 4.78 is 32.2. The van der Waals surface area contributed by atoms with Crippen molar-refractivity contribution < 1.29 is 23.1 Å². The molecule has 0 saturated heterocycles. The number of amides is 2. The van der Waals surface area contributed by atoms with Gasteiger partial charge in [0.1, 0.15) is 12.1 Å². The molecule has 4 N–H and O–H groups in total. The van der Waals surface area contributed by atoms with Crippen LogP contribution in [0, 0.1) is 0 Å². The van der Waals surface area contributed by atoms with Crippen molar-refractivity contribution in [1.82, 2.24) is 5.32 Å². The number of halogens is 2. The van der Waals surface area contributed by atoms with E-state index in [0.29, 0.717) is 5.69 Å². The normalized spacial score (nSPS) is 16.5. The third kappa shape index (κ3) is 4.64. The second kappa shape index (κ2) is 7.93. The molecule has 0 radical (unpaired) electrons. The van der Waals surface area contributed by atoms with Gasteiger partial charge >= 0.3 is 6.09 Å². The van der Waals surface area contributed by atoms with Gasteiger partial charge in [0, 0.05) is 25.1 Å². The molecule has 2 amide bonds. The zero-order valence-corrected chi connectivity index (χ0v) is 15.1. The van der Waals surface area contributed by atoms with Crippen LogP contribution in [0.1, 0.15) is 24.0 Å². The number of nitrogens with one attached hydrogen (secondary N) is 2. The Hall–Kier alpha value is -3.00. The number of ether oxygens (including phenoxy) is 1. The average Bonchev–Trinajstić information content (AvgIpc) is 2.65. The molecule has 1 fully saturated rings. The number of rotatable bonds is 6. The third-order valence-electron chi connectivity index (χ3n) is 4.53. The van der Waals surface area contributed by atoms with Crippen LogP contribution in [-0.4, -0.2) is 23.5 Å². The van der Waals surface area contributed by atoms with Gasteiger partial charge in [-0.05, 0) is 23.3 Å². The summed E-state index contributed by atoms with van der Waals surface area (Å²) in [6.07, 6.45) is -2.50. The Morgan fingerprint density at radius 1 is 1.04 bits per heavy atom. The van der Waals surface area contributed by atoms with Gasteiger partial charge in [-0.3, -0.25) is 4.79 Å². The maximum absolute atomic E-state index is 13.6. The number of carbonyl (C=O) groups excluding carboxylic acids is 2. The van der Waals surface area contributed by atoms with E-state index in [4.69, 9.17) is 10.5 Å². The van der Waals surface area contributed by atoms with Gasteiger partial charge in [-0.1, -0.05) is 42.5 Å². The minimum absolute atomic E-state index is 0.0285. The lowest BCUT2D eigenvalue weighted by Crippen LogP contribution is -2.68. The molecule has 0 atom stereocenters. The van der Waals surface area contributed by atoms with E-state index in [-0.39, 0.29) is 13.2 Å². The van der Waals surface area contributed by atoms with Gasteiger partial charge < -0.3 is 21.1 Å². The smallest absolute Gasteiger partial charge is 0.408 e. The number of alkyl halides is 2. The second-order valence-corrected chi connectivity index (χ2v) is 6.84. The summed E-state index contributed by atoms with van der Waals surface area (Å²) in [7, 11) is 0. The predicted molar refractivity (Wildman–Crippen MR) is 99.6 cm³/mol. The fraction of sp³-hybridized carbons (Fsp3) is 0.300. The molecule has 0 heterocycles. The molecule has 1 aliphatic rings. The van der Waals surface area contributed by atoms with Crippen molar-refractivity contribution in [3.05, 3.63) is 65.7 Å². The minimum Gasteiger partial charge on any atom is -0.445 e. The van der Waals surface area contributed by atoms with E-state index in [1.807, 2.05) is 6.07 Å². The van der Waals surface area contributed by atoms with Crippen molar-refractivity contribution in [2.45, 2.75) is 37.5 Å². The maximum atomic E-state index is 13.6. The summed E-state index contributed by atoms with van der Waals surface area (Å²) in [5, 5.41) is 4.90. The Labute approximate surface area is 161 Å². The summed E-state index contributed by atoms with van der Waals surface area (Å²) in [6, 6.07) is 15.7. The Morgan fingerprint density at radius 2 is 1.71 bits per heavy atom. The number of anilines is 1. The Bertz CT molecular complexity index is 851. The van der Waals surface area contributed by atoms with Gasteiger partial charge in [0.15, 0.2) is 0 Å². The number of nitrogens with two attached hydrogens (primary N) is 1. The van der Waals surface area contributed by atoms with Gasteiger partial charge in [0.05, 0.1) is 0 Å². The quantitative estimate of drug-likeness (QED) is 0.707. The topological polar surface area (TPSA) is 93.5 Å². The molecule has 0 bridgehead atoms. The van der Waals surface area contributed by atoms with Crippen molar-refractivity contribution in [1.29, 1.82) is 0 Å². The summed E-state index contributed by atoms with van der Waals surface area (Å²) in [6.45, 7) is 0.246. The zero-order chi connectivity index (χ0) is 20.2. The lowest BCUT2D eigenvalue weighted by molar-refractivity contribution is -0.156. The van der Waals surface area contributed by atoms with E-state index in [0.717, 1.165) is 11.1 Å². The number of alkyl carbamates (subject to hydrolysis) is 1. The first-order chi connectivity index (χ1) is 13.3. The van der Waals surface area contributed by atoms with Crippen LogP contribution < -0.4 is 16.4 Å². The van der Waals surface area contributed by atoms with Crippen LogP contribution >= 0.6 is 0 Å². The van der Waals surface area contributed by atoms with Crippen LogP contribution in [0.2, 0.25) is 0 Å². The van der Waals surface area contributed by atoms with E-state index in [2.05, 4.69) is 10.6 Å². The van der Waals surface area contributed by atoms with Gasteiger partial charge in [-0.25, -0.2) is 13.6 Å². The lowest BCUT2D eigenvalue weighted by atomic mass is 9.72. The van der Waals surface area contributed by atoms with Crippen molar-refractivity contribution in [3.8, 4) is 0 Å². The van der Waals surface area contributed by atoms with E-state index in [1.165, 1.54) is 0 Å². The molecular weight excluding hydrogens is 368 g/mol. The fourth-order valence-electron chi connectivity index (χ4n) is 3.12. The Kier molecular flexibility index (Phi) is 5.60. The minimum atomic E-state index is -3.02. The molecule has 0 aliphatic heterocycles. The van der Waals surface area contributed by atoms with Crippen LogP contribution in [0.25, 0.3) is 0 Å². The molecule has 2 aromatic rings. The molecule has 2 aromatic carbocycles. The average molecular weight is 389 g/mol. The highest BCUT2D eigenvalue weighted by atomic mass is 19.3. The highest BCUT2D eigenvalue weighted by Crippen LogP contribution is 2.46. The Morgan fingerprint density at radius 3 is 2.36 bits per heavy atom. The van der Waals surface area contributed by atoms with Gasteiger partial charge in [-0.15, -0.1) is 0 Å². The molecular formula is C20H21F2N3O3. The fourth-order valence-corrected chi connectivity index (χ4v) is 3.12. The van der Waals surface area contributed by atoms with Crippen LogP contribution in [0.5, 0.6) is 0 Å². The predicted octanol–water partition coefficient (Wildman–Crippen LogP) is 3.18. The summed E-state index contributed by atoms with van der Waals surface area (Å²) in [5.74, 6) is -3.74. The van der Waals surface area contributed by atoms with Crippen LogP contribution in [-0.2, 0) is 22.7 Å². The molecule has 8 heteroatoms. The highest BCUT2D eigenvalue weighted by Gasteiger charge is 2.62. The number of carbonyl (C=O) groups is 2. The standard InChI is InChI=1S/C20H21F2N3O3/c21-20(22)12-19(13-20,17(26)24-16-8-4-7-15(9-16)10-23)25-18(27)28-11-14-5-2-1-3-6-14/h1-9H,10-13,23H2,(H,24,26)(H,25,27). The first kappa shape index (κ1) is 19.8. The summed E-state index contributed by atoms with van der Waals surface area (Å²) in [5.41, 5.74) is 5.79. The molecule has 0 unspecified atom stereocenters. The van der Waals surface area contributed by atoms with Crippen molar-refractivity contribution in [2.75, 3.05) is 5.32 Å². The van der Waals surface area contributed by atoms with Crippen molar-refractivity contribution in [2.24, 2.45) is 5.73 Å². The monoisotopic (exact) mass is 389 g/mol. The first-order valence-corrected chi connectivity index (χ1v) is 8.79. The van der Waals surface area contributed by atoms with Crippen LogP contribution in [0.3, 0.4) is 0 Å². The van der Waals surface area contributed by atoms with Crippen molar-refractivity contribution in [3.63, 3.8) is 0 Å². The Balaban J connectivity index is 1.66. The van der Waals surface area contributed by atoms with Crippen molar-refractivity contribution >= 4 is 17.7 Å². The first-order valence-electron chi connectivity index (χ1n) is 8.79. The molecule has 6 nitrogen and oxygen atoms in total. The molecule has 0 aromatic heterocycles.